The van der Waals surface area contributed by atoms with Crippen molar-refractivity contribution in [3.63, 3.8) is 0 Å². The number of hydrogen-bond donors (Lipinski definition) is 1. The molecule has 2 unspecified atom stereocenters. The molecule has 2 N–H and O–H groups in total. The first-order valence-electron chi connectivity index (χ1n) is 9.05. The van der Waals surface area contributed by atoms with Crippen molar-refractivity contribution in [1.82, 2.24) is 9.88 Å². The largest absolute Gasteiger partial charge is 0.436 e. The van der Waals surface area contributed by atoms with E-state index in [1.807, 2.05) is 36.4 Å². The van der Waals surface area contributed by atoms with E-state index in [9.17, 15) is 9.59 Å². The predicted molar refractivity (Wildman–Crippen MR) is 102 cm³/mol. The zero-order chi connectivity index (χ0) is 19.0. The molecule has 0 saturated heterocycles. The summed E-state index contributed by atoms with van der Waals surface area (Å²) in [4.78, 5) is 30.3. The average Bonchev–Trinajstić information content (AvgIpc) is 3.34. The third kappa shape index (κ3) is 3.30. The van der Waals surface area contributed by atoms with E-state index in [0.717, 1.165) is 29.5 Å². The van der Waals surface area contributed by atoms with Crippen LogP contribution in [0.1, 0.15) is 29.6 Å². The number of carbonyl (C=O) groups is 2. The highest BCUT2D eigenvalue weighted by atomic mass is 16.3. The predicted octanol–water partition coefficient (Wildman–Crippen LogP) is 3.22. The Bertz CT molecular complexity index is 960. The minimum atomic E-state index is -0.277. The van der Waals surface area contributed by atoms with Gasteiger partial charge in [-0.25, -0.2) is 4.98 Å². The summed E-state index contributed by atoms with van der Waals surface area (Å²) in [5, 5.41) is 0. The number of nitrogens with zero attached hydrogens (tertiary/aromatic N) is 2. The first-order chi connectivity index (χ1) is 13.0. The van der Waals surface area contributed by atoms with Gasteiger partial charge in [0.25, 0.3) is 5.91 Å². The van der Waals surface area contributed by atoms with Crippen molar-refractivity contribution in [3.8, 4) is 11.5 Å². The summed E-state index contributed by atoms with van der Waals surface area (Å²) in [6.07, 6.45) is 2.18. The Morgan fingerprint density at radius 2 is 1.85 bits per heavy atom. The van der Waals surface area contributed by atoms with Crippen LogP contribution in [-0.4, -0.2) is 34.8 Å². The molecular formula is C21H21N3O3. The van der Waals surface area contributed by atoms with Crippen LogP contribution in [0.25, 0.3) is 22.6 Å². The van der Waals surface area contributed by atoms with Gasteiger partial charge in [-0.2, -0.15) is 0 Å². The van der Waals surface area contributed by atoms with Crippen LogP contribution in [0, 0.1) is 5.92 Å². The van der Waals surface area contributed by atoms with Crippen LogP contribution in [0.2, 0.25) is 0 Å². The van der Waals surface area contributed by atoms with Crippen LogP contribution in [0.5, 0.6) is 0 Å². The molecule has 1 aliphatic rings. The van der Waals surface area contributed by atoms with Gasteiger partial charge in [0.2, 0.25) is 11.8 Å². The molecule has 1 fully saturated rings. The quantitative estimate of drug-likeness (QED) is 0.771. The molecule has 0 radical (unpaired) electrons. The molecule has 2 aromatic carbocycles. The highest BCUT2D eigenvalue weighted by Crippen LogP contribution is 2.30. The second-order valence-corrected chi connectivity index (χ2v) is 7.05. The summed E-state index contributed by atoms with van der Waals surface area (Å²) in [5.74, 6) is 0.0608. The van der Waals surface area contributed by atoms with Crippen LogP contribution in [-0.2, 0) is 4.79 Å². The molecule has 1 aliphatic carbocycles. The summed E-state index contributed by atoms with van der Waals surface area (Å²) >= 11 is 0. The number of rotatable bonds is 4. The molecule has 0 aliphatic heterocycles. The van der Waals surface area contributed by atoms with Gasteiger partial charge >= 0.3 is 0 Å². The molecule has 4 rings (SSSR count). The van der Waals surface area contributed by atoms with E-state index in [4.69, 9.17) is 10.2 Å². The zero-order valence-electron chi connectivity index (χ0n) is 15.1. The number of hydrogen-bond acceptors (Lipinski definition) is 4. The van der Waals surface area contributed by atoms with Crippen LogP contribution >= 0.6 is 0 Å². The van der Waals surface area contributed by atoms with E-state index in [1.165, 1.54) is 0 Å². The lowest BCUT2D eigenvalue weighted by Crippen LogP contribution is -2.36. The molecule has 0 spiro atoms. The number of amides is 2. The Hall–Kier alpha value is -3.15. The molecule has 3 aromatic rings. The number of fused-ring (bicyclic) bond motifs is 1. The third-order valence-electron chi connectivity index (χ3n) is 5.35. The number of benzene rings is 2. The van der Waals surface area contributed by atoms with Crippen molar-refractivity contribution in [2.75, 3.05) is 7.05 Å². The summed E-state index contributed by atoms with van der Waals surface area (Å²) in [6.45, 7) is 0. The minimum Gasteiger partial charge on any atom is -0.436 e. The number of carbonyl (C=O) groups excluding carboxylic acids is 2. The first kappa shape index (κ1) is 17.3. The lowest BCUT2D eigenvalue weighted by molar-refractivity contribution is -0.121. The van der Waals surface area contributed by atoms with Crippen molar-refractivity contribution in [2.45, 2.75) is 25.3 Å². The monoisotopic (exact) mass is 363 g/mol. The van der Waals surface area contributed by atoms with Gasteiger partial charge in [-0.15, -0.1) is 0 Å². The standard InChI is InChI=1S/C21H21N3O3/c1-24(16-11-10-15(12-16)19(22)25)21(26)14-8-6-13(7-9-14)20-23-17-4-2-3-5-18(17)27-20/h2-9,15-16H,10-12H2,1H3,(H2,22,25). The molecule has 138 valence electrons. The van der Waals surface area contributed by atoms with Crippen molar-refractivity contribution in [2.24, 2.45) is 11.7 Å². The Labute approximate surface area is 157 Å². The normalized spacial score (nSPS) is 19.3. The van der Waals surface area contributed by atoms with Crippen LogP contribution in [0.4, 0.5) is 0 Å². The maximum absolute atomic E-state index is 12.8. The molecule has 27 heavy (non-hydrogen) atoms. The van der Waals surface area contributed by atoms with Gasteiger partial charge in [-0.1, -0.05) is 12.1 Å². The van der Waals surface area contributed by atoms with Gasteiger partial charge in [0.1, 0.15) is 5.52 Å². The molecule has 0 bridgehead atoms. The van der Waals surface area contributed by atoms with E-state index in [0.29, 0.717) is 17.9 Å². The van der Waals surface area contributed by atoms with Gasteiger partial charge in [-0.05, 0) is 55.7 Å². The zero-order valence-corrected chi connectivity index (χ0v) is 15.1. The van der Waals surface area contributed by atoms with Crippen molar-refractivity contribution >= 4 is 22.9 Å². The number of primary amides is 1. The van der Waals surface area contributed by atoms with E-state index in [-0.39, 0.29) is 23.8 Å². The lowest BCUT2D eigenvalue weighted by Gasteiger charge is -2.24. The SMILES string of the molecule is CN(C(=O)c1ccc(-c2nc3ccccc3o2)cc1)C1CCC(C(N)=O)C1. The molecule has 1 aromatic heterocycles. The Kier molecular flexibility index (Phi) is 4.39. The topological polar surface area (TPSA) is 89.4 Å². The Balaban J connectivity index is 1.50. The maximum Gasteiger partial charge on any atom is 0.253 e. The smallest absolute Gasteiger partial charge is 0.253 e. The van der Waals surface area contributed by atoms with Crippen LogP contribution < -0.4 is 5.73 Å². The lowest BCUT2D eigenvalue weighted by atomic mass is 10.1. The van der Waals surface area contributed by atoms with E-state index in [1.54, 1.807) is 24.1 Å². The molecule has 1 saturated carbocycles. The number of nitrogens with two attached hydrogens (primary N) is 1. The van der Waals surface area contributed by atoms with Crippen molar-refractivity contribution in [3.05, 3.63) is 54.1 Å². The maximum atomic E-state index is 12.8. The van der Waals surface area contributed by atoms with E-state index >= 15 is 0 Å². The summed E-state index contributed by atoms with van der Waals surface area (Å²) in [5.41, 5.74) is 8.34. The number of oxazole rings is 1. The molecular weight excluding hydrogens is 342 g/mol. The van der Waals surface area contributed by atoms with E-state index < -0.39 is 0 Å². The summed E-state index contributed by atoms with van der Waals surface area (Å²) in [6, 6.07) is 14.9. The fourth-order valence-corrected chi connectivity index (χ4v) is 3.69. The van der Waals surface area contributed by atoms with Crippen molar-refractivity contribution in [1.29, 1.82) is 0 Å². The second kappa shape index (κ2) is 6.87. The third-order valence-corrected chi connectivity index (χ3v) is 5.35. The fourth-order valence-electron chi connectivity index (χ4n) is 3.69. The summed E-state index contributed by atoms with van der Waals surface area (Å²) in [7, 11) is 1.78. The van der Waals surface area contributed by atoms with Gasteiger partial charge in [-0.3, -0.25) is 9.59 Å². The molecule has 6 heteroatoms. The highest BCUT2D eigenvalue weighted by Gasteiger charge is 2.32. The number of aromatic nitrogens is 1. The van der Waals surface area contributed by atoms with Gasteiger partial charge < -0.3 is 15.1 Å². The number of para-hydroxylation sites is 2. The fraction of sp³-hybridized carbons (Fsp3) is 0.286. The molecule has 6 nitrogen and oxygen atoms in total. The molecule has 2 amide bonds. The second-order valence-electron chi connectivity index (χ2n) is 7.05. The van der Waals surface area contributed by atoms with Crippen LogP contribution in [0.3, 0.4) is 0 Å². The first-order valence-corrected chi connectivity index (χ1v) is 9.05. The molecule has 1 heterocycles. The van der Waals surface area contributed by atoms with Gasteiger partial charge in [0.15, 0.2) is 5.58 Å². The van der Waals surface area contributed by atoms with E-state index in [2.05, 4.69) is 4.98 Å². The molecule has 2 atom stereocenters. The van der Waals surface area contributed by atoms with Gasteiger partial charge in [0.05, 0.1) is 0 Å². The highest BCUT2D eigenvalue weighted by molar-refractivity contribution is 5.94. The average molecular weight is 363 g/mol. The van der Waals surface area contributed by atoms with Gasteiger partial charge in [0, 0.05) is 30.1 Å². The Morgan fingerprint density at radius 1 is 1.11 bits per heavy atom. The van der Waals surface area contributed by atoms with Crippen LogP contribution in [0.15, 0.2) is 52.9 Å². The Morgan fingerprint density at radius 3 is 2.52 bits per heavy atom. The summed E-state index contributed by atoms with van der Waals surface area (Å²) < 4.78 is 5.77. The van der Waals surface area contributed by atoms with Crippen molar-refractivity contribution < 1.29 is 14.0 Å². The minimum absolute atomic E-state index is 0.0479.